The lowest BCUT2D eigenvalue weighted by Crippen LogP contribution is -2.51. The standard InChI is InChI=1S/C24H26N4O3/c29-22(12-6-9-19-7-2-1-3-8-19)26-13-15-27(16-14-26)24(31)18-28-21-11-5-4-10-20(21)25-17-23(28)30/h1-5,7-8,10-11,17H,6,9,12-16,18H2. The predicted molar refractivity (Wildman–Crippen MR) is 119 cm³/mol. The minimum atomic E-state index is -0.292. The lowest BCUT2D eigenvalue weighted by atomic mass is 10.1. The number of hydrogen-bond donors (Lipinski definition) is 0. The number of rotatable bonds is 6. The monoisotopic (exact) mass is 418 g/mol. The van der Waals surface area contributed by atoms with E-state index in [4.69, 9.17) is 0 Å². The van der Waals surface area contributed by atoms with Crippen molar-refractivity contribution in [3.05, 3.63) is 76.7 Å². The van der Waals surface area contributed by atoms with E-state index in [9.17, 15) is 14.4 Å². The third-order valence-corrected chi connectivity index (χ3v) is 5.73. The fourth-order valence-electron chi connectivity index (χ4n) is 3.96. The summed E-state index contributed by atoms with van der Waals surface area (Å²) in [5.74, 6) is 0.0222. The molecule has 1 aromatic heterocycles. The lowest BCUT2D eigenvalue weighted by Gasteiger charge is -2.35. The zero-order valence-electron chi connectivity index (χ0n) is 17.4. The number of carbonyl (C=O) groups excluding carboxylic acids is 2. The van der Waals surface area contributed by atoms with Gasteiger partial charge in [-0.1, -0.05) is 42.5 Å². The molecule has 0 saturated carbocycles. The maximum Gasteiger partial charge on any atom is 0.269 e. The Morgan fingerprint density at radius 2 is 1.48 bits per heavy atom. The van der Waals surface area contributed by atoms with Crippen LogP contribution < -0.4 is 5.56 Å². The molecule has 3 aromatic rings. The molecule has 160 valence electrons. The molecule has 1 fully saturated rings. The molecule has 0 N–H and O–H groups in total. The number of fused-ring (bicyclic) bond motifs is 1. The number of para-hydroxylation sites is 2. The number of amides is 2. The molecular formula is C24H26N4O3. The van der Waals surface area contributed by atoms with Gasteiger partial charge >= 0.3 is 0 Å². The molecule has 7 heteroatoms. The smallest absolute Gasteiger partial charge is 0.269 e. The first-order chi connectivity index (χ1) is 15.1. The van der Waals surface area contributed by atoms with Gasteiger partial charge in [0.15, 0.2) is 0 Å². The second-order valence-corrected chi connectivity index (χ2v) is 7.77. The quantitative estimate of drug-likeness (QED) is 0.614. The maximum absolute atomic E-state index is 12.8. The molecule has 0 radical (unpaired) electrons. The van der Waals surface area contributed by atoms with Crippen molar-refractivity contribution in [1.82, 2.24) is 19.4 Å². The number of carbonyl (C=O) groups is 2. The summed E-state index contributed by atoms with van der Waals surface area (Å²) in [6.45, 7) is 2.01. The van der Waals surface area contributed by atoms with Crippen LogP contribution in [0.2, 0.25) is 0 Å². The van der Waals surface area contributed by atoms with Crippen LogP contribution in [0, 0.1) is 0 Å². The average Bonchev–Trinajstić information content (AvgIpc) is 2.81. The zero-order chi connectivity index (χ0) is 21.6. The average molecular weight is 418 g/mol. The van der Waals surface area contributed by atoms with Crippen molar-refractivity contribution in [2.45, 2.75) is 25.8 Å². The van der Waals surface area contributed by atoms with Crippen LogP contribution in [0.15, 0.2) is 65.6 Å². The molecule has 7 nitrogen and oxygen atoms in total. The summed E-state index contributed by atoms with van der Waals surface area (Å²) in [5.41, 5.74) is 2.28. The molecule has 0 spiro atoms. The van der Waals surface area contributed by atoms with Gasteiger partial charge in [-0.05, 0) is 30.5 Å². The van der Waals surface area contributed by atoms with Crippen LogP contribution in [0.4, 0.5) is 0 Å². The van der Waals surface area contributed by atoms with Crippen LogP contribution >= 0.6 is 0 Å². The second-order valence-electron chi connectivity index (χ2n) is 7.77. The van der Waals surface area contributed by atoms with Crippen LogP contribution in [0.3, 0.4) is 0 Å². The van der Waals surface area contributed by atoms with E-state index in [2.05, 4.69) is 17.1 Å². The van der Waals surface area contributed by atoms with E-state index < -0.39 is 0 Å². The van der Waals surface area contributed by atoms with Gasteiger partial charge < -0.3 is 9.80 Å². The van der Waals surface area contributed by atoms with Crippen LogP contribution in [-0.4, -0.2) is 57.3 Å². The summed E-state index contributed by atoms with van der Waals surface area (Å²) in [6.07, 6.45) is 3.47. The van der Waals surface area contributed by atoms with Crippen molar-refractivity contribution >= 4 is 22.8 Å². The lowest BCUT2D eigenvalue weighted by molar-refractivity contribution is -0.139. The SMILES string of the molecule is O=C(CCCc1ccccc1)N1CCN(C(=O)Cn2c(=O)cnc3ccccc32)CC1. The van der Waals surface area contributed by atoms with Crippen LogP contribution in [0.5, 0.6) is 0 Å². The zero-order valence-corrected chi connectivity index (χ0v) is 17.4. The molecular weight excluding hydrogens is 392 g/mol. The van der Waals surface area contributed by atoms with Gasteiger partial charge in [0.2, 0.25) is 11.8 Å². The van der Waals surface area contributed by atoms with Crippen molar-refractivity contribution in [2.24, 2.45) is 0 Å². The summed E-state index contributed by atoms with van der Waals surface area (Å²) in [5, 5.41) is 0. The molecule has 0 bridgehead atoms. The Morgan fingerprint density at radius 3 is 2.23 bits per heavy atom. The highest BCUT2D eigenvalue weighted by molar-refractivity contribution is 5.81. The van der Waals surface area contributed by atoms with Gasteiger partial charge in [-0.2, -0.15) is 0 Å². The van der Waals surface area contributed by atoms with E-state index >= 15 is 0 Å². The summed E-state index contributed by atoms with van der Waals surface area (Å²) in [4.78, 5) is 45.3. The van der Waals surface area contributed by atoms with Gasteiger partial charge in [-0.3, -0.25) is 19.0 Å². The van der Waals surface area contributed by atoms with Crippen molar-refractivity contribution < 1.29 is 9.59 Å². The molecule has 4 rings (SSSR count). The van der Waals surface area contributed by atoms with Crippen LogP contribution in [-0.2, 0) is 22.6 Å². The fraction of sp³-hybridized carbons (Fsp3) is 0.333. The number of aromatic nitrogens is 2. The number of piperazine rings is 1. The number of aryl methyl sites for hydroxylation is 1. The highest BCUT2D eigenvalue weighted by atomic mass is 16.2. The summed E-state index contributed by atoms with van der Waals surface area (Å²) in [7, 11) is 0. The summed E-state index contributed by atoms with van der Waals surface area (Å²) in [6, 6.07) is 17.4. The topological polar surface area (TPSA) is 75.5 Å². The Labute approximate surface area is 180 Å². The largest absolute Gasteiger partial charge is 0.339 e. The van der Waals surface area contributed by atoms with E-state index in [0.29, 0.717) is 43.6 Å². The fourth-order valence-corrected chi connectivity index (χ4v) is 3.96. The molecule has 1 aliphatic heterocycles. The minimum absolute atomic E-state index is 0.0209. The normalized spacial score (nSPS) is 14.1. The molecule has 0 unspecified atom stereocenters. The molecule has 0 atom stereocenters. The van der Waals surface area contributed by atoms with Gasteiger partial charge in [0.25, 0.3) is 5.56 Å². The van der Waals surface area contributed by atoms with Gasteiger partial charge in [0.1, 0.15) is 6.54 Å². The molecule has 2 amide bonds. The second kappa shape index (κ2) is 9.55. The van der Waals surface area contributed by atoms with Gasteiger partial charge in [-0.25, -0.2) is 4.98 Å². The van der Waals surface area contributed by atoms with E-state index in [0.717, 1.165) is 12.8 Å². The van der Waals surface area contributed by atoms with Gasteiger partial charge in [0.05, 0.1) is 17.2 Å². The maximum atomic E-state index is 12.8. The third-order valence-electron chi connectivity index (χ3n) is 5.73. The first kappa shape index (κ1) is 20.8. The van der Waals surface area contributed by atoms with E-state index in [1.54, 1.807) is 11.0 Å². The Balaban J connectivity index is 1.29. The summed E-state index contributed by atoms with van der Waals surface area (Å²) >= 11 is 0. The minimum Gasteiger partial charge on any atom is -0.339 e. The Hall–Kier alpha value is -3.48. The number of hydrogen-bond acceptors (Lipinski definition) is 4. The van der Waals surface area contributed by atoms with Crippen LogP contribution in [0.25, 0.3) is 11.0 Å². The first-order valence-corrected chi connectivity index (χ1v) is 10.7. The molecule has 2 heterocycles. The van der Waals surface area contributed by atoms with Crippen molar-refractivity contribution in [3.8, 4) is 0 Å². The molecule has 0 aliphatic carbocycles. The highest BCUT2D eigenvalue weighted by Gasteiger charge is 2.24. The van der Waals surface area contributed by atoms with E-state index in [1.807, 2.05) is 41.3 Å². The van der Waals surface area contributed by atoms with Crippen molar-refractivity contribution in [3.63, 3.8) is 0 Å². The molecule has 1 saturated heterocycles. The number of nitrogens with zero attached hydrogens (tertiary/aromatic N) is 4. The van der Waals surface area contributed by atoms with Crippen molar-refractivity contribution in [1.29, 1.82) is 0 Å². The molecule has 2 aromatic carbocycles. The highest BCUT2D eigenvalue weighted by Crippen LogP contribution is 2.11. The predicted octanol–water partition coefficient (Wildman–Crippen LogP) is 2.09. The van der Waals surface area contributed by atoms with E-state index in [-0.39, 0.29) is 23.9 Å². The Morgan fingerprint density at radius 1 is 0.839 bits per heavy atom. The van der Waals surface area contributed by atoms with Gasteiger partial charge in [-0.15, -0.1) is 0 Å². The Bertz CT molecular complexity index is 1120. The van der Waals surface area contributed by atoms with Gasteiger partial charge in [0, 0.05) is 32.6 Å². The number of benzene rings is 2. The summed E-state index contributed by atoms with van der Waals surface area (Å²) < 4.78 is 1.46. The Kier molecular flexibility index (Phi) is 6.40. The molecule has 31 heavy (non-hydrogen) atoms. The molecule has 1 aliphatic rings. The van der Waals surface area contributed by atoms with E-state index in [1.165, 1.54) is 16.3 Å². The van der Waals surface area contributed by atoms with Crippen LogP contribution in [0.1, 0.15) is 18.4 Å². The first-order valence-electron chi connectivity index (χ1n) is 10.7. The van der Waals surface area contributed by atoms with Crippen molar-refractivity contribution in [2.75, 3.05) is 26.2 Å². The third kappa shape index (κ3) is 4.99.